The van der Waals surface area contributed by atoms with Gasteiger partial charge >= 0.3 is 0 Å². The lowest BCUT2D eigenvalue weighted by Gasteiger charge is -2.25. The number of nitrogens with zero attached hydrogens (tertiary/aromatic N) is 3. The van der Waals surface area contributed by atoms with Crippen molar-refractivity contribution in [1.29, 1.82) is 0 Å². The second-order valence-electron chi connectivity index (χ2n) is 5.90. The number of hydrogen-bond acceptors (Lipinski definition) is 3. The van der Waals surface area contributed by atoms with Crippen molar-refractivity contribution in [3.63, 3.8) is 0 Å². The monoisotopic (exact) mass is 262 g/mol. The standard InChI is InChI=1S/C14H22N4O/c1-17(9-10-18-8-2-5-16-18)13(19)12-11-14(12)3-6-15-7-4-14/h2,5,8,12,15H,3-4,6-7,9-11H2,1H3/t12-/m1/s1. The predicted octanol–water partition coefficient (Wildman–Crippen LogP) is 0.731. The second kappa shape index (κ2) is 4.96. The van der Waals surface area contributed by atoms with Gasteiger partial charge in [0, 0.05) is 31.9 Å². The van der Waals surface area contributed by atoms with Crippen LogP contribution >= 0.6 is 0 Å². The Morgan fingerprint density at radius 1 is 1.53 bits per heavy atom. The fourth-order valence-corrected chi connectivity index (χ4v) is 3.24. The van der Waals surface area contributed by atoms with Crippen LogP contribution < -0.4 is 5.32 Å². The van der Waals surface area contributed by atoms with E-state index in [1.54, 1.807) is 6.20 Å². The zero-order valence-corrected chi connectivity index (χ0v) is 11.5. The number of piperidine rings is 1. The van der Waals surface area contributed by atoms with Crippen molar-refractivity contribution < 1.29 is 4.79 Å². The minimum Gasteiger partial charge on any atom is -0.344 e. The van der Waals surface area contributed by atoms with Gasteiger partial charge in [0.2, 0.25) is 5.91 Å². The van der Waals surface area contributed by atoms with E-state index in [0.29, 0.717) is 11.3 Å². The summed E-state index contributed by atoms with van der Waals surface area (Å²) >= 11 is 0. The molecule has 1 saturated heterocycles. The molecule has 104 valence electrons. The third kappa shape index (κ3) is 2.52. The van der Waals surface area contributed by atoms with E-state index in [-0.39, 0.29) is 5.92 Å². The lowest BCUT2D eigenvalue weighted by molar-refractivity contribution is -0.132. The first-order chi connectivity index (χ1) is 9.21. The molecule has 1 aliphatic heterocycles. The highest BCUT2D eigenvalue weighted by Gasteiger charge is 2.58. The van der Waals surface area contributed by atoms with E-state index in [9.17, 15) is 4.79 Å². The Bertz CT molecular complexity index is 436. The van der Waals surface area contributed by atoms with Crippen LogP contribution in [0.5, 0.6) is 0 Å². The van der Waals surface area contributed by atoms with Gasteiger partial charge < -0.3 is 10.2 Å². The van der Waals surface area contributed by atoms with Crippen LogP contribution in [0.15, 0.2) is 18.5 Å². The molecular formula is C14H22N4O. The third-order valence-electron chi connectivity index (χ3n) is 4.69. The van der Waals surface area contributed by atoms with Gasteiger partial charge in [-0.15, -0.1) is 0 Å². The Morgan fingerprint density at radius 2 is 2.32 bits per heavy atom. The van der Waals surface area contributed by atoms with Crippen molar-refractivity contribution in [2.24, 2.45) is 11.3 Å². The highest BCUT2D eigenvalue weighted by atomic mass is 16.2. The maximum atomic E-state index is 12.4. The molecule has 1 aromatic heterocycles. The molecule has 0 unspecified atom stereocenters. The molecule has 0 aromatic carbocycles. The number of amides is 1. The van der Waals surface area contributed by atoms with E-state index < -0.39 is 0 Å². The van der Waals surface area contributed by atoms with Gasteiger partial charge in [0.25, 0.3) is 0 Å². The Kier molecular flexibility index (Phi) is 3.31. The average Bonchev–Trinajstić information content (AvgIpc) is 2.90. The van der Waals surface area contributed by atoms with Crippen LogP contribution in [0, 0.1) is 11.3 Å². The minimum atomic E-state index is 0.275. The summed E-state index contributed by atoms with van der Waals surface area (Å²) in [4.78, 5) is 14.3. The van der Waals surface area contributed by atoms with E-state index in [1.807, 2.05) is 28.9 Å². The van der Waals surface area contributed by atoms with Gasteiger partial charge in [-0.2, -0.15) is 5.10 Å². The number of carbonyl (C=O) groups excluding carboxylic acids is 1. The molecule has 5 heteroatoms. The zero-order valence-electron chi connectivity index (χ0n) is 11.5. The van der Waals surface area contributed by atoms with Crippen molar-refractivity contribution in [2.75, 3.05) is 26.7 Å². The van der Waals surface area contributed by atoms with Gasteiger partial charge in [0.05, 0.1) is 6.54 Å². The Balaban J connectivity index is 1.50. The van der Waals surface area contributed by atoms with Crippen LogP contribution in [0.3, 0.4) is 0 Å². The zero-order chi connectivity index (χ0) is 13.3. The molecule has 2 aliphatic rings. The normalized spacial score (nSPS) is 24.4. The molecule has 19 heavy (non-hydrogen) atoms. The van der Waals surface area contributed by atoms with E-state index >= 15 is 0 Å². The Morgan fingerprint density at radius 3 is 3.00 bits per heavy atom. The molecule has 1 spiro atoms. The SMILES string of the molecule is CN(CCn1cccn1)C(=O)[C@H]1CC12CCNCC2. The van der Waals surface area contributed by atoms with Crippen molar-refractivity contribution in [3.8, 4) is 0 Å². The summed E-state index contributed by atoms with van der Waals surface area (Å²) in [6, 6.07) is 1.91. The molecule has 3 rings (SSSR count). The van der Waals surface area contributed by atoms with Crippen molar-refractivity contribution in [1.82, 2.24) is 20.0 Å². The first-order valence-corrected chi connectivity index (χ1v) is 7.14. The molecule has 0 bridgehead atoms. The first kappa shape index (κ1) is 12.7. The van der Waals surface area contributed by atoms with E-state index in [0.717, 1.165) is 45.4 Å². The maximum absolute atomic E-state index is 12.4. The summed E-state index contributed by atoms with van der Waals surface area (Å²) in [7, 11) is 1.92. The number of carbonyl (C=O) groups is 1. The number of aromatic nitrogens is 2. The highest BCUT2D eigenvalue weighted by Crippen LogP contribution is 2.59. The Hall–Kier alpha value is -1.36. The predicted molar refractivity (Wildman–Crippen MR) is 72.5 cm³/mol. The summed E-state index contributed by atoms with van der Waals surface area (Å²) in [6.45, 7) is 3.66. The number of likely N-dealkylation sites (N-methyl/N-ethyl adjacent to an activating group) is 1. The first-order valence-electron chi connectivity index (χ1n) is 7.14. The molecule has 2 fully saturated rings. The van der Waals surface area contributed by atoms with Crippen molar-refractivity contribution in [2.45, 2.75) is 25.8 Å². The largest absolute Gasteiger partial charge is 0.344 e. The summed E-state index contributed by atoms with van der Waals surface area (Å²) in [5.41, 5.74) is 0.336. The van der Waals surface area contributed by atoms with Crippen LogP contribution in [0.4, 0.5) is 0 Å². The van der Waals surface area contributed by atoms with Crippen LogP contribution in [-0.4, -0.2) is 47.3 Å². The lowest BCUT2D eigenvalue weighted by atomic mass is 9.91. The molecule has 1 atom stereocenters. The fraction of sp³-hybridized carbons (Fsp3) is 0.714. The van der Waals surface area contributed by atoms with E-state index in [1.165, 1.54) is 0 Å². The number of nitrogens with one attached hydrogen (secondary N) is 1. The third-order valence-corrected chi connectivity index (χ3v) is 4.69. The van der Waals surface area contributed by atoms with Crippen LogP contribution in [-0.2, 0) is 11.3 Å². The van der Waals surface area contributed by atoms with Crippen LogP contribution in [0.1, 0.15) is 19.3 Å². The molecule has 1 aromatic rings. The topological polar surface area (TPSA) is 50.2 Å². The van der Waals surface area contributed by atoms with Crippen LogP contribution in [0.2, 0.25) is 0 Å². The van der Waals surface area contributed by atoms with Crippen LogP contribution in [0.25, 0.3) is 0 Å². The number of rotatable bonds is 4. The average molecular weight is 262 g/mol. The highest BCUT2D eigenvalue weighted by molar-refractivity contribution is 5.82. The van der Waals surface area contributed by atoms with E-state index in [4.69, 9.17) is 0 Å². The summed E-state index contributed by atoms with van der Waals surface area (Å²) in [6.07, 6.45) is 7.13. The molecule has 0 radical (unpaired) electrons. The Labute approximate surface area is 114 Å². The summed E-state index contributed by atoms with van der Waals surface area (Å²) in [5, 5.41) is 7.54. The fourth-order valence-electron chi connectivity index (χ4n) is 3.24. The molecule has 5 nitrogen and oxygen atoms in total. The summed E-state index contributed by atoms with van der Waals surface area (Å²) in [5.74, 6) is 0.603. The molecule has 1 saturated carbocycles. The minimum absolute atomic E-state index is 0.275. The lowest BCUT2D eigenvalue weighted by Crippen LogP contribution is -2.36. The van der Waals surface area contributed by atoms with Gasteiger partial charge in [-0.1, -0.05) is 0 Å². The van der Waals surface area contributed by atoms with Crippen molar-refractivity contribution >= 4 is 5.91 Å². The molecule has 1 amide bonds. The molecule has 2 heterocycles. The van der Waals surface area contributed by atoms with Gasteiger partial charge in [0.1, 0.15) is 0 Å². The second-order valence-corrected chi connectivity index (χ2v) is 5.90. The van der Waals surface area contributed by atoms with Crippen molar-refractivity contribution in [3.05, 3.63) is 18.5 Å². The summed E-state index contributed by atoms with van der Waals surface area (Å²) < 4.78 is 1.87. The van der Waals surface area contributed by atoms with Gasteiger partial charge in [-0.05, 0) is 43.8 Å². The quantitative estimate of drug-likeness (QED) is 0.870. The smallest absolute Gasteiger partial charge is 0.226 e. The molecule has 1 N–H and O–H groups in total. The molecular weight excluding hydrogens is 240 g/mol. The van der Waals surface area contributed by atoms with Gasteiger partial charge in [0.15, 0.2) is 0 Å². The van der Waals surface area contributed by atoms with E-state index in [2.05, 4.69) is 10.4 Å². The maximum Gasteiger partial charge on any atom is 0.226 e. The number of hydrogen-bond donors (Lipinski definition) is 1. The van der Waals surface area contributed by atoms with Gasteiger partial charge in [-0.25, -0.2) is 0 Å². The van der Waals surface area contributed by atoms with Gasteiger partial charge in [-0.3, -0.25) is 9.48 Å². The molecule has 1 aliphatic carbocycles.